The highest BCUT2D eigenvalue weighted by Gasteiger charge is 2.17. The summed E-state index contributed by atoms with van der Waals surface area (Å²) in [5, 5.41) is 3.06. The number of hydrogen-bond acceptors (Lipinski definition) is 3. The Morgan fingerprint density at radius 1 is 1.45 bits per heavy atom. The van der Waals surface area contributed by atoms with Crippen LogP contribution in [0, 0.1) is 6.92 Å². The molecule has 0 bridgehead atoms. The minimum Gasteiger partial charge on any atom is -0.379 e. The van der Waals surface area contributed by atoms with Gasteiger partial charge < -0.3 is 10.1 Å². The third kappa shape index (κ3) is 4.04. The molecule has 1 aromatic rings. The molecule has 0 radical (unpaired) electrons. The number of aryl methyl sites for hydroxylation is 1. The molecule has 1 heterocycles. The van der Waals surface area contributed by atoms with Crippen LogP contribution in [0.3, 0.4) is 0 Å². The molecule has 20 heavy (non-hydrogen) atoms. The molecule has 1 aliphatic heterocycles. The van der Waals surface area contributed by atoms with Crippen molar-refractivity contribution < 1.29 is 9.53 Å². The van der Waals surface area contributed by atoms with Crippen molar-refractivity contribution in [1.82, 2.24) is 10.2 Å². The smallest absolute Gasteiger partial charge is 0.252 e. The Kier molecular flexibility index (Phi) is 5.57. The van der Waals surface area contributed by atoms with E-state index in [0.717, 1.165) is 42.9 Å². The van der Waals surface area contributed by atoms with Crippen LogP contribution in [0.4, 0.5) is 0 Å². The number of halogens is 1. The summed E-state index contributed by atoms with van der Waals surface area (Å²) in [5.74, 6) is -0.0265. The number of morpholine rings is 1. The van der Waals surface area contributed by atoms with Crippen LogP contribution in [0.25, 0.3) is 0 Å². The van der Waals surface area contributed by atoms with Crippen molar-refractivity contribution in [3.63, 3.8) is 0 Å². The number of hydrogen-bond donors (Lipinski definition) is 1. The van der Waals surface area contributed by atoms with E-state index in [-0.39, 0.29) is 11.9 Å². The molecule has 0 aromatic heterocycles. The maximum Gasteiger partial charge on any atom is 0.252 e. The van der Waals surface area contributed by atoms with Gasteiger partial charge in [0, 0.05) is 30.1 Å². The van der Waals surface area contributed by atoms with E-state index in [4.69, 9.17) is 4.74 Å². The van der Waals surface area contributed by atoms with Gasteiger partial charge in [-0.3, -0.25) is 9.69 Å². The van der Waals surface area contributed by atoms with Crippen LogP contribution in [0.15, 0.2) is 22.7 Å². The monoisotopic (exact) mass is 340 g/mol. The minimum absolute atomic E-state index is 0.0265. The van der Waals surface area contributed by atoms with E-state index in [2.05, 4.69) is 26.1 Å². The van der Waals surface area contributed by atoms with Crippen LogP contribution in [0.1, 0.15) is 22.8 Å². The van der Waals surface area contributed by atoms with Gasteiger partial charge in [-0.1, -0.05) is 12.1 Å². The van der Waals surface area contributed by atoms with E-state index in [0.29, 0.717) is 5.56 Å². The fourth-order valence-electron chi connectivity index (χ4n) is 2.34. The fourth-order valence-corrected chi connectivity index (χ4v) is 2.79. The first-order chi connectivity index (χ1) is 9.58. The van der Waals surface area contributed by atoms with E-state index >= 15 is 0 Å². The second kappa shape index (κ2) is 7.20. The van der Waals surface area contributed by atoms with E-state index in [1.165, 1.54) is 0 Å². The van der Waals surface area contributed by atoms with Gasteiger partial charge in [0.1, 0.15) is 0 Å². The highest BCUT2D eigenvalue weighted by atomic mass is 79.9. The molecular formula is C15H21BrN2O2. The number of ether oxygens (including phenoxy) is 1. The third-order valence-corrected chi connectivity index (χ3v) is 4.50. The first-order valence-electron chi connectivity index (χ1n) is 6.94. The van der Waals surface area contributed by atoms with Crippen LogP contribution in [0.5, 0.6) is 0 Å². The summed E-state index contributed by atoms with van der Waals surface area (Å²) in [6, 6.07) is 5.85. The molecule has 1 saturated heterocycles. The van der Waals surface area contributed by atoms with Crippen molar-refractivity contribution in [3.8, 4) is 0 Å². The second-order valence-electron chi connectivity index (χ2n) is 5.22. The number of nitrogens with zero attached hydrogens (tertiary/aromatic N) is 1. The summed E-state index contributed by atoms with van der Waals surface area (Å²) in [5.41, 5.74) is 1.76. The average molecular weight is 341 g/mol. The van der Waals surface area contributed by atoms with Gasteiger partial charge in [0.15, 0.2) is 0 Å². The van der Waals surface area contributed by atoms with E-state index in [9.17, 15) is 4.79 Å². The fraction of sp³-hybridized carbons (Fsp3) is 0.533. The van der Waals surface area contributed by atoms with E-state index in [1.807, 2.05) is 32.0 Å². The first kappa shape index (κ1) is 15.5. The summed E-state index contributed by atoms with van der Waals surface area (Å²) in [7, 11) is 0. The molecule has 0 spiro atoms. The van der Waals surface area contributed by atoms with Crippen molar-refractivity contribution in [3.05, 3.63) is 33.8 Å². The Morgan fingerprint density at radius 2 is 2.15 bits per heavy atom. The van der Waals surface area contributed by atoms with Gasteiger partial charge >= 0.3 is 0 Å². The maximum absolute atomic E-state index is 12.3. The normalized spacial score (nSPS) is 17.8. The third-order valence-electron chi connectivity index (χ3n) is 3.45. The second-order valence-corrected chi connectivity index (χ2v) is 6.02. The van der Waals surface area contributed by atoms with Crippen molar-refractivity contribution in [1.29, 1.82) is 0 Å². The lowest BCUT2D eigenvalue weighted by Gasteiger charge is -2.29. The molecule has 0 aliphatic carbocycles. The summed E-state index contributed by atoms with van der Waals surface area (Å²) in [6.45, 7) is 8.32. The number of nitrogens with one attached hydrogen (secondary N) is 1. The summed E-state index contributed by atoms with van der Waals surface area (Å²) < 4.78 is 6.20. The molecule has 1 N–H and O–H groups in total. The highest BCUT2D eigenvalue weighted by Crippen LogP contribution is 2.20. The Hall–Kier alpha value is -0.910. The van der Waals surface area contributed by atoms with Gasteiger partial charge in [0.2, 0.25) is 0 Å². The number of rotatable bonds is 4. The van der Waals surface area contributed by atoms with Crippen LogP contribution >= 0.6 is 15.9 Å². The standard InChI is InChI=1S/C15H21BrN2O2/c1-11-4-3-5-13(14(11)16)15(19)17-12(2)10-18-6-8-20-9-7-18/h3-5,12H,6-10H2,1-2H3,(H,17,19). The van der Waals surface area contributed by atoms with Crippen LogP contribution in [0.2, 0.25) is 0 Å². The quantitative estimate of drug-likeness (QED) is 0.913. The van der Waals surface area contributed by atoms with Crippen LogP contribution in [-0.2, 0) is 4.74 Å². The van der Waals surface area contributed by atoms with Gasteiger partial charge in [-0.2, -0.15) is 0 Å². The predicted octanol–water partition coefficient (Wildman–Crippen LogP) is 2.21. The molecule has 0 saturated carbocycles. The number of carbonyl (C=O) groups is 1. The molecule has 1 aliphatic rings. The maximum atomic E-state index is 12.3. The van der Waals surface area contributed by atoms with Gasteiger partial charge in [-0.05, 0) is 41.4 Å². The summed E-state index contributed by atoms with van der Waals surface area (Å²) >= 11 is 3.48. The van der Waals surface area contributed by atoms with Crippen molar-refractivity contribution in [2.75, 3.05) is 32.8 Å². The molecule has 2 rings (SSSR count). The van der Waals surface area contributed by atoms with Gasteiger partial charge in [-0.25, -0.2) is 0 Å². The predicted molar refractivity (Wildman–Crippen MR) is 83.1 cm³/mol. The highest BCUT2D eigenvalue weighted by molar-refractivity contribution is 9.10. The van der Waals surface area contributed by atoms with Crippen molar-refractivity contribution in [2.45, 2.75) is 19.9 Å². The molecule has 1 aromatic carbocycles. The van der Waals surface area contributed by atoms with Crippen LogP contribution in [-0.4, -0.2) is 49.7 Å². The minimum atomic E-state index is -0.0265. The Bertz CT molecular complexity index is 473. The average Bonchev–Trinajstić information content (AvgIpc) is 2.42. The molecule has 1 fully saturated rings. The summed E-state index contributed by atoms with van der Waals surface area (Å²) in [6.07, 6.45) is 0. The zero-order valence-electron chi connectivity index (χ0n) is 12.0. The largest absolute Gasteiger partial charge is 0.379 e. The first-order valence-corrected chi connectivity index (χ1v) is 7.73. The Morgan fingerprint density at radius 3 is 2.85 bits per heavy atom. The van der Waals surface area contributed by atoms with Crippen molar-refractivity contribution in [2.24, 2.45) is 0 Å². The number of benzene rings is 1. The van der Waals surface area contributed by atoms with Gasteiger partial charge in [0.25, 0.3) is 5.91 Å². The van der Waals surface area contributed by atoms with E-state index in [1.54, 1.807) is 0 Å². The van der Waals surface area contributed by atoms with Crippen LogP contribution < -0.4 is 5.32 Å². The molecule has 5 heteroatoms. The SMILES string of the molecule is Cc1cccc(C(=O)NC(C)CN2CCOCC2)c1Br. The lowest BCUT2D eigenvalue weighted by Crippen LogP contribution is -2.46. The number of amides is 1. The molecular weight excluding hydrogens is 320 g/mol. The van der Waals surface area contributed by atoms with Crippen molar-refractivity contribution >= 4 is 21.8 Å². The zero-order valence-corrected chi connectivity index (χ0v) is 13.6. The molecule has 1 amide bonds. The molecule has 110 valence electrons. The number of carbonyl (C=O) groups excluding carboxylic acids is 1. The lowest BCUT2D eigenvalue weighted by atomic mass is 10.1. The van der Waals surface area contributed by atoms with Gasteiger partial charge in [-0.15, -0.1) is 0 Å². The molecule has 1 unspecified atom stereocenters. The van der Waals surface area contributed by atoms with Gasteiger partial charge in [0.05, 0.1) is 18.8 Å². The topological polar surface area (TPSA) is 41.6 Å². The molecule has 4 nitrogen and oxygen atoms in total. The zero-order chi connectivity index (χ0) is 14.5. The van der Waals surface area contributed by atoms with E-state index < -0.39 is 0 Å². The molecule has 1 atom stereocenters. The Balaban J connectivity index is 1.91. The summed E-state index contributed by atoms with van der Waals surface area (Å²) in [4.78, 5) is 14.6. The Labute approximate surface area is 128 Å². The lowest BCUT2D eigenvalue weighted by molar-refractivity contribution is 0.0342.